The topological polar surface area (TPSA) is 61.4 Å². The zero-order valence-electron chi connectivity index (χ0n) is 8.21. The Morgan fingerprint density at radius 3 is 2.69 bits per heavy atom. The van der Waals surface area contributed by atoms with Gasteiger partial charge in [-0.25, -0.2) is 4.79 Å². The first-order valence-corrected chi connectivity index (χ1v) is 4.80. The quantitative estimate of drug-likeness (QED) is 0.600. The van der Waals surface area contributed by atoms with E-state index in [2.05, 4.69) is 17.6 Å². The van der Waals surface area contributed by atoms with Gasteiger partial charge >= 0.3 is 6.03 Å². The van der Waals surface area contributed by atoms with Gasteiger partial charge in [0, 0.05) is 12.6 Å². The van der Waals surface area contributed by atoms with E-state index < -0.39 is 6.10 Å². The summed E-state index contributed by atoms with van der Waals surface area (Å²) in [6, 6.07) is 0.168. The van der Waals surface area contributed by atoms with Crippen molar-refractivity contribution in [3.8, 4) is 0 Å². The van der Waals surface area contributed by atoms with Crippen molar-refractivity contribution in [2.45, 2.75) is 38.8 Å². The van der Waals surface area contributed by atoms with Gasteiger partial charge in [-0.15, -0.1) is 0 Å². The Morgan fingerprint density at radius 2 is 2.23 bits per heavy atom. The highest BCUT2D eigenvalue weighted by Crippen LogP contribution is 2.25. The minimum atomic E-state index is -0.480. The van der Waals surface area contributed by atoms with Gasteiger partial charge in [-0.2, -0.15) is 0 Å². The maximum Gasteiger partial charge on any atom is 0.315 e. The van der Waals surface area contributed by atoms with Crippen LogP contribution in [-0.4, -0.2) is 29.8 Å². The minimum absolute atomic E-state index is 0.169. The van der Waals surface area contributed by atoms with Crippen LogP contribution >= 0.6 is 0 Å². The zero-order chi connectivity index (χ0) is 9.84. The highest BCUT2D eigenvalue weighted by atomic mass is 16.3. The molecule has 1 aliphatic rings. The number of hydrogen-bond donors (Lipinski definition) is 3. The number of carbonyl (C=O) groups excluding carboxylic acids is 1. The van der Waals surface area contributed by atoms with E-state index >= 15 is 0 Å². The van der Waals surface area contributed by atoms with Crippen LogP contribution in [0.5, 0.6) is 0 Å². The Morgan fingerprint density at radius 1 is 1.62 bits per heavy atom. The number of aliphatic hydroxyl groups excluding tert-OH is 1. The number of aliphatic hydroxyl groups is 1. The Hall–Kier alpha value is -0.770. The lowest BCUT2D eigenvalue weighted by Crippen LogP contribution is -2.48. The number of rotatable bonds is 3. The van der Waals surface area contributed by atoms with Gasteiger partial charge in [0.2, 0.25) is 0 Å². The summed E-state index contributed by atoms with van der Waals surface area (Å²) in [4.78, 5) is 11.1. The molecule has 1 unspecified atom stereocenters. The van der Waals surface area contributed by atoms with E-state index in [-0.39, 0.29) is 6.03 Å². The van der Waals surface area contributed by atoms with Crippen LogP contribution in [0.15, 0.2) is 0 Å². The standard InChI is InChI=1S/C9H18N2O2/c1-6-3-8(4-6)11-9(13)10-5-7(2)12/h6-8,12H,3-5H2,1-2H3,(H2,10,11,13). The van der Waals surface area contributed by atoms with Crippen LogP contribution in [0.4, 0.5) is 4.79 Å². The van der Waals surface area contributed by atoms with Gasteiger partial charge in [-0.1, -0.05) is 6.92 Å². The summed E-state index contributed by atoms with van der Waals surface area (Å²) in [7, 11) is 0. The minimum Gasteiger partial charge on any atom is -0.392 e. The monoisotopic (exact) mass is 186 g/mol. The largest absolute Gasteiger partial charge is 0.392 e. The van der Waals surface area contributed by atoms with Gasteiger partial charge in [0.25, 0.3) is 0 Å². The second kappa shape index (κ2) is 4.46. The van der Waals surface area contributed by atoms with Crippen molar-refractivity contribution < 1.29 is 9.90 Å². The van der Waals surface area contributed by atoms with Crippen LogP contribution in [-0.2, 0) is 0 Å². The van der Waals surface area contributed by atoms with E-state index in [0.29, 0.717) is 12.6 Å². The molecule has 3 N–H and O–H groups in total. The molecule has 1 fully saturated rings. The van der Waals surface area contributed by atoms with E-state index in [1.165, 1.54) is 0 Å². The molecule has 0 bridgehead atoms. The van der Waals surface area contributed by atoms with Crippen LogP contribution in [0.25, 0.3) is 0 Å². The third-order valence-corrected chi connectivity index (χ3v) is 2.27. The molecule has 0 aromatic rings. The van der Waals surface area contributed by atoms with Gasteiger partial charge < -0.3 is 15.7 Å². The van der Waals surface area contributed by atoms with E-state index in [1.54, 1.807) is 6.92 Å². The molecule has 0 aromatic heterocycles. The van der Waals surface area contributed by atoms with Gasteiger partial charge in [0.15, 0.2) is 0 Å². The summed E-state index contributed by atoms with van der Waals surface area (Å²) in [6.45, 7) is 4.13. The van der Waals surface area contributed by atoms with Gasteiger partial charge in [0.1, 0.15) is 0 Å². The van der Waals surface area contributed by atoms with Gasteiger partial charge in [-0.05, 0) is 25.7 Å². The average Bonchev–Trinajstić information content (AvgIpc) is 1.98. The first-order chi connectivity index (χ1) is 6.08. The van der Waals surface area contributed by atoms with Crippen molar-refractivity contribution in [2.24, 2.45) is 5.92 Å². The summed E-state index contributed by atoms with van der Waals surface area (Å²) >= 11 is 0. The van der Waals surface area contributed by atoms with Crippen LogP contribution < -0.4 is 10.6 Å². The van der Waals surface area contributed by atoms with Crippen LogP contribution in [0.1, 0.15) is 26.7 Å². The number of amides is 2. The highest BCUT2D eigenvalue weighted by molar-refractivity contribution is 5.74. The predicted molar refractivity (Wildman–Crippen MR) is 50.4 cm³/mol. The molecule has 0 radical (unpaired) electrons. The molecule has 4 heteroatoms. The number of urea groups is 1. The molecule has 1 aliphatic carbocycles. The van der Waals surface area contributed by atoms with E-state index in [9.17, 15) is 4.79 Å². The first-order valence-electron chi connectivity index (χ1n) is 4.80. The summed E-state index contributed by atoms with van der Waals surface area (Å²) in [5, 5.41) is 14.3. The maximum absolute atomic E-state index is 11.1. The molecule has 0 aromatic carbocycles. The third kappa shape index (κ3) is 3.63. The molecule has 2 amide bonds. The molecule has 1 saturated carbocycles. The van der Waals surface area contributed by atoms with Crippen LogP contribution in [0, 0.1) is 5.92 Å². The van der Waals surface area contributed by atoms with Crippen molar-refractivity contribution in [2.75, 3.05) is 6.54 Å². The van der Waals surface area contributed by atoms with E-state index in [0.717, 1.165) is 18.8 Å². The fourth-order valence-electron chi connectivity index (χ4n) is 1.50. The third-order valence-electron chi connectivity index (χ3n) is 2.27. The molecular formula is C9H18N2O2. The highest BCUT2D eigenvalue weighted by Gasteiger charge is 2.26. The molecule has 1 atom stereocenters. The van der Waals surface area contributed by atoms with Gasteiger partial charge in [-0.3, -0.25) is 0 Å². The summed E-state index contributed by atoms with van der Waals surface area (Å²) in [5.74, 6) is 0.738. The fourth-order valence-corrected chi connectivity index (χ4v) is 1.50. The molecule has 0 spiro atoms. The molecule has 76 valence electrons. The summed E-state index contributed by atoms with van der Waals surface area (Å²) < 4.78 is 0. The molecule has 0 aliphatic heterocycles. The predicted octanol–water partition coefficient (Wildman–Crippen LogP) is 0.465. The van der Waals surface area contributed by atoms with Crippen molar-refractivity contribution in [3.63, 3.8) is 0 Å². The van der Waals surface area contributed by atoms with E-state index in [4.69, 9.17) is 5.11 Å². The summed E-state index contributed by atoms with van der Waals surface area (Å²) in [6.07, 6.45) is 1.66. The Balaban J connectivity index is 2.05. The van der Waals surface area contributed by atoms with Crippen molar-refractivity contribution in [1.29, 1.82) is 0 Å². The zero-order valence-corrected chi connectivity index (χ0v) is 8.21. The lowest BCUT2D eigenvalue weighted by atomic mass is 9.82. The van der Waals surface area contributed by atoms with Crippen LogP contribution in [0.2, 0.25) is 0 Å². The molecular weight excluding hydrogens is 168 g/mol. The maximum atomic E-state index is 11.1. The number of carbonyl (C=O) groups is 1. The van der Waals surface area contributed by atoms with Crippen molar-refractivity contribution >= 4 is 6.03 Å². The Kier molecular flexibility index (Phi) is 3.54. The van der Waals surface area contributed by atoms with Gasteiger partial charge in [0.05, 0.1) is 6.10 Å². The molecule has 13 heavy (non-hydrogen) atoms. The molecule has 1 rings (SSSR count). The smallest absolute Gasteiger partial charge is 0.315 e. The number of hydrogen-bond acceptors (Lipinski definition) is 2. The molecule has 0 saturated heterocycles. The van der Waals surface area contributed by atoms with Crippen molar-refractivity contribution in [1.82, 2.24) is 10.6 Å². The lowest BCUT2D eigenvalue weighted by Gasteiger charge is -2.33. The second-order valence-electron chi connectivity index (χ2n) is 3.98. The lowest BCUT2D eigenvalue weighted by molar-refractivity contribution is 0.181. The van der Waals surface area contributed by atoms with Crippen LogP contribution in [0.3, 0.4) is 0 Å². The van der Waals surface area contributed by atoms with Crippen molar-refractivity contribution in [3.05, 3.63) is 0 Å². The normalized spacial score (nSPS) is 28.8. The van der Waals surface area contributed by atoms with E-state index in [1.807, 2.05) is 0 Å². The Bertz CT molecular complexity index is 176. The number of nitrogens with one attached hydrogen (secondary N) is 2. The average molecular weight is 186 g/mol. The first kappa shape index (κ1) is 10.3. The molecule has 0 heterocycles. The summed E-state index contributed by atoms with van der Waals surface area (Å²) in [5.41, 5.74) is 0. The SMILES string of the molecule is CC(O)CNC(=O)NC1CC(C)C1. The second-order valence-corrected chi connectivity index (χ2v) is 3.98. The fraction of sp³-hybridized carbons (Fsp3) is 0.889. The Labute approximate surface area is 78.7 Å². The molecule has 4 nitrogen and oxygen atoms in total.